The molecule has 0 aliphatic carbocycles. The van der Waals surface area contributed by atoms with Gasteiger partial charge in [0, 0.05) is 0 Å². The third kappa shape index (κ3) is 281. The van der Waals surface area contributed by atoms with E-state index in [9.17, 15) is 0 Å². The topological polar surface area (TPSA) is 57.5 Å². The molecule has 0 unspecified atom stereocenters. The smallest absolute Gasteiger partial charge is 0.0149 e. The normalized spacial score (nSPS) is 4.00. The summed E-state index contributed by atoms with van der Waals surface area (Å²) in [6.45, 7) is 0. The molecule has 0 aromatic heterocycles. The average Bonchev–Trinajstić information content (AvgIpc) is 0.811. The van der Waals surface area contributed by atoms with Crippen LogP contribution in [-0.4, -0.2) is 48.6 Å². The zero-order chi connectivity index (χ0) is 3.58. The van der Waals surface area contributed by atoms with Crippen molar-refractivity contribution in [1.29, 1.82) is 0 Å². The third-order valence-electron chi connectivity index (χ3n) is 0. The van der Waals surface area contributed by atoms with E-state index in [-0.39, 0.29) is 29.8 Å². The molecular formula is H7LiO3Si2. The molecule has 0 bridgehead atoms. The number of hydrogen-bond acceptors (Lipinski definition) is 1. The van der Waals surface area contributed by atoms with Gasteiger partial charge in [-0.2, -0.15) is 0 Å². The first kappa shape index (κ1) is 16.1. The summed E-state index contributed by atoms with van der Waals surface area (Å²) in [5.74, 6) is 0. The van der Waals surface area contributed by atoms with Crippen LogP contribution < -0.4 is 0 Å². The van der Waals surface area contributed by atoms with Crippen molar-refractivity contribution < 1.29 is 14.1 Å². The second-order valence-electron chi connectivity index (χ2n) is 0.283. The maximum Gasteiger partial charge on any atom is -0.0149 e. The third-order valence-corrected chi connectivity index (χ3v) is 0. The van der Waals surface area contributed by atoms with E-state index in [1.807, 2.05) is 0 Å². The fourth-order valence-electron chi connectivity index (χ4n) is 0. The van der Waals surface area contributed by atoms with Crippen LogP contribution in [0.5, 0.6) is 0 Å². The van der Waals surface area contributed by atoms with Crippen LogP contribution in [0.15, 0.2) is 0 Å². The second kappa shape index (κ2) is 9.06. The van der Waals surface area contributed by atoms with Crippen molar-refractivity contribution in [2.45, 2.75) is 0 Å². The molecular weight excluding hydrogens is 111 g/mol. The Kier molecular flexibility index (Phi) is 24.3. The Bertz CT molecular complexity index is 31.8. The van der Waals surface area contributed by atoms with E-state index in [1.165, 1.54) is 0 Å². The summed E-state index contributed by atoms with van der Waals surface area (Å²) in [4.78, 5) is 14.3. The molecule has 0 aromatic rings. The van der Waals surface area contributed by atoms with Gasteiger partial charge in [-0.25, -0.2) is 0 Å². The molecule has 0 radical (unpaired) electrons. The van der Waals surface area contributed by atoms with E-state index in [2.05, 4.69) is 0 Å². The van der Waals surface area contributed by atoms with Crippen LogP contribution in [0.25, 0.3) is 0 Å². The molecule has 0 aromatic carbocycles. The maximum absolute atomic E-state index is 8.74. The first-order chi connectivity index (χ1) is 1.73. The largest absolute Gasteiger partial charge is 0.0149 e. The molecule has 0 aliphatic rings. The Morgan fingerprint density at radius 3 is 1.33 bits per heavy atom. The molecule has 0 saturated carbocycles. The van der Waals surface area contributed by atoms with Gasteiger partial charge < -0.3 is 9.59 Å². The van der Waals surface area contributed by atoms with Crippen LogP contribution in [0, 0.1) is 0 Å². The van der Waals surface area contributed by atoms with Crippen molar-refractivity contribution in [1.82, 2.24) is 0 Å². The second-order valence-corrected chi connectivity index (χ2v) is 0.848. The summed E-state index contributed by atoms with van der Waals surface area (Å²) in [7, 11) is -3.13. The Morgan fingerprint density at radius 1 is 1.33 bits per heavy atom. The van der Waals surface area contributed by atoms with Gasteiger partial charge in [-0.15, -0.1) is 0 Å². The number of rotatable bonds is 0. The first-order valence-electron chi connectivity index (χ1n) is 0.651. The van der Waals surface area contributed by atoms with Gasteiger partial charge in [-0.3, -0.25) is 4.46 Å². The minimum atomic E-state index is -3.13. The van der Waals surface area contributed by atoms with E-state index in [1.54, 1.807) is 0 Å². The van der Waals surface area contributed by atoms with Crippen molar-refractivity contribution in [2.24, 2.45) is 0 Å². The van der Waals surface area contributed by atoms with E-state index in [0.29, 0.717) is 0 Å². The predicted octanol–water partition coefficient (Wildman–Crippen LogP) is -3.71. The van der Waals surface area contributed by atoms with Gasteiger partial charge in [-0.1, -0.05) is 0 Å². The van der Waals surface area contributed by atoms with E-state index < -0.39 is 9.17 Å². The molecule has 3 nitrogen and oxygen atoms in total. The summed E-state index contributed by atoms with van der Waals surface area (Å²) >= 11 is 0. The molecule has 2 N–H and O–H groups in total. The molecule has 6 heavy (non-hydrogen) atoms. The summed E-state index contributed by atoms with van der Waals surface area (Å²) in [6, 6.07) is 0. The van der Waals surface area contributed by atoms with Crippen LogP contribution in [-0.2, 0) is 4.46 Å². The molecule has 0 aliphatic heterocycles. The van der Waals surface area contributed by atoms with Crippen LogP contribution in [0.1, 0.15) is 0 Å². The Hall–Kier alpha value is 0.431. The van der Waals surface area contributed by atoms with Gasteiger partial charge in [0.15, 0.2) is 0 Å². The molecule has 0 spiro atoms. The SMILES string of the molecule is O=[Si](O)O.[LiH].[SiH4]. The van der Waals surface area contributed by atoms with Gasteiger partial charge in [0.05, 0.1) is 0 Å². The summed E-state index contributed by atoms with van der Waals surface area (Å²) in [5, 5.41) is 0. The molecule has 0 rings (SSSR count). The zero-order valence-corrected chi connectivity index (χ0v) is 2.80. The average molecular weight is 118 g/mol. The van der Waals surface area contributed by atoms with Gasteiger partial charge >= 0.3 is 28.0 Å². The molecule has 6 heteroatoms. The predicted molar refractivity (Wildman–Crippen MR) is 29.4 cm³/mol. The van der Waals surface area contributed by atoms with Gasteiger partial charge in [-0.05, 0) is 11.0 Å². The van der Waals surface area contributed by atoms with E-state index >= 15 is 0 Å². The molecule has 0 fully saturated rings. The molecule has 0 atom stereocenters. The van der Waals surface area contributed by atoms with E-state index in [0.717, 1.165) is 0 Å². The standard InChI is InChI=1S/Li.H2O3Si.H4Si.H/c;1-4(2)3;;/h;1-2H;1H4;. The van der Waals surface area contributed by atoms with Crippen molar-refractivity contribution in [3.8, 4) is 0 Å². The Morgan fingerprint density at radius 2 is 1.33 bits per heavy atom. The minimum absolute atomic E-state index is 0. The molecule has 0 heterocycles. The van der Waals surface area contributed by atoms with Crippen LogP contribution in [0.4, 0.5) is 0 Å². The van der Waals surface area contributed by atoms with Crippen LogP contribution >= 0.6 is 0 Å². The van der Waals surface area contributed by atoms with E-state index in [4.69, 9.17) is 14.1 Å². The zero-order valence-electron chi connectivity index (χ0n) is 1.80. The summed E-state index contributed by atoms with van der Waals surface area (Å²) in [5.41, 5.74) is 0. The molecule has 34 valence electrons. The van der Waals surface area contributed by atoms with Crippen molar-refractivity contribution in [3.05, 3.63) is 0 Å². The Labute approximate surface area is 53.5 Å². The minimum Gasteiger partial charge on any atom is -0.0149 e. The summed E-state index contributed by atoms with van der Waals surface area (Å²) < 4.78 is 8.74. The fraction of sp³-hybridized carbons (Fsp3) is 0. The monoisotopic (exact) mass is 118 g/mol. The fourth-order valence-corrected chi connectivity index (χ4v) is 0. The molecule has 0 amide bonds. The first-order valence-corrected chi connectivity index (χ1v) is 1.95. The maximum atomic E-state index is 8.74. The Balaban J connectivity index is -0.0000000450. The number of hydrogen-bond donors (Lipinski definition) is 2. The molecule has 0 saturated heterocycles. The quantitative estimate of drug-likeness (QED) is 0.322. The summed E-state index contributed by atoms with van der Waals surface area (Å²) in [6.07, 6.45) is 0. The van der Waals surface area contributed by atoms with Gasteiger partial charge in [0.25, 0.3) is 0 Å². The van der Waals surface area contributed by atoms with Crippen LogP contribution in [0.3, 0.4) is 0 Å². The van der Waals surface area contributed by atoms with Crippen molar-refractivity contribution >= 4 is 39.0 Å². The van der Waals surface area contributed by atoms with Gasteiger partial charge in [0.2, 0.25) is 0 Å². The van der Waals surface area contributed by atoms with Crippen molar-refractivity contribution in [3.63, 3.8) is 0 Å². The van der Waals surface area contributed by atoms with Crippen LogP contribution in [0.2, 0.25) is 0 Å². The van der Waals surface area contributed by atoms with Crippen molar-refractivity contribution in [2.75, 3.05) is 0 Å². The van der Waals surface area contributed by atoms with Gasteiger partial charge in [0.1, 0.15) is 0 Å².